The molecule has 21 heavy (non-hydrogen) atoms. The number of benzene rings is 1. The van der Waals surface area contributed by atoms with Crippen LogP contribution < -0.4 is 0 Å². The zero-order chi connectivity index (χ0) is 14.2. The summed E-state index contributed by atoms with van der Waals surface area (Å²) >= 11 is 0. The number of aliphatic hydroxyl groups is 1. The van der Waals surface area contributed by atoms with Crippen LogP contribution in [-0.2, 0) is 6.42 Å². The van der Waals surface area contributed by atoms with Gasteiger partial charge in [0.25, 0.3) is 0 Å². The van der Waals surface area contributed by atoms with Gasteiger partial charge in [0, 0.05) is 0 Å². The Balaban J connectivity index is 1.32. The van der Waals surface area contributed by atoms with E-state index >= 15 is 0 Å². The number of rotatable bonds is 5. The van der Waals surface area contributed by atoms with E-state index in [2.05, 4.69) is 30.3 Å². The zero-order valence-electron chi connectivity index (χ0n) is 13.0. The molecule has 1 heteroatoms. The molecule has 0 spiro atoms. The third-order valence-corrected chi connectivity index (χ3v) is 6.55. The van der Waals surface area contributed by atoms with E-state index in [9.17, 15) is 5.11 Å². The summed E-state index contributed by atoms with van der Waals surface area (Å²) in [6.45, 7) is 0. The first-order valence-corrected chi connectivity index (χ1v) is 9.01. The van der Waals surface area contributed by atoms with Crippen LogP contribution in [0.4, 0.5) is 0 Å². The smallest absolute Gasteiger partial charge is 0.0573 e. The third-order valence-electron chi connectivity index (χ3n) is 6.55. The van der Waals surface area contributed by atoms with Crippen LogP contribution in [0.15, 0.2) is 30.3 Å². The maximum absolute atomic E-state index is 10.8. The maximum Gasteiger partial charge on any atom is 0.0573 e. The first-order valence-electron chi connectivity index (χ1n) is 9.01. The second-order valence-electron chi connectivity index (χ2n) is 7.95. The molecule has 4 aliphatic rings. The number of aryl methyl sites for hydroxylation is 1. The van der Waals surface area contributed by atoms with Crippen LogP contribution in [0.3, 0.4) is 0 Å². The third kappa shape index (κ3) is 2.77. The van der Waals surface area contributed by atoms with Gasteiger partial charge in [0.15, 0.2) is 0 Å². The van der Waals surface area contributed by atoms with Crippen molar-refractivity contribution in [2.75, 3.05) is 0 Å². The Labute approximate surface area is 128 Å². The highest BCUT2D eigenvalue weighted by Gasteiger charge is 2.49. The van der Waals surface area contributed by atoms with E-state index in [0.29, 0.717) is 5.92 Å². The molecule has 0 aliphatic heterocycles. The molecule has 0 radical (unpaired) electrons. The van der Waals surface area contributed by atoms with Gasteiger partial charge >= 0.3 is 0 Å². The van der Waals surface area contributed by atoms with Gasteiger partial charge in [0.2, 0.25) is 0 Å². The Bertz CT molecular complexity index is 438. The average Bonchev–Trinajstić information content (AvgIpc) is 2.47. The van der Waals surface area contributed by atoms with Crippen LogP contribution in [0.25, 0.3) is 0 Å². The van der Waals surface area contributed by atoms with E-state index in [0.717, 1.165) is 42.9 Å². The largest absolute Gasteiger partial charge is 0.393 e. The summed E-state index contributed by atoms with van der Waals surface area (Å²) in [4.78, 5) is 0. The molecule has 4 aliphatic carbocycles. The lowest BCUT2D eigenvalue weighted by Gasteiger charge is -2.55. The van der Waals surface area contributed by atoms with Crippen molar-refractivity contribution in [3.8, 4) is 0 Å². The molecule has 1 aromatic carbocycles. The van der Waals surface area contributed by atoms with Gasteiger partial charge in [-0.2, -0.15) is 0 Å². The minimum absolute atomic E-state index is 0.0382. The van der Waals surface area contributed by atoms with E-state index in [1.54, 1.807) is 0 Å². The molecule has 0 heterocycles. The van der Waals surface area contributed by atoms with Crippen molar-refractivity contribution in [2.24, 2.45) is 29.6 Å². The van der Waals surface area contributed by atoms with Crippen LogP contribution >= 0.6 is 0 Å². The van der Waals surface area contributed by atoms with Crippen molar-refractivity contribution < 1.29 is 5.11 Å². The van der Waals surface area contributed by atoms with Crippen molar-refractivity contribution in [1.82, 2.24) is 0 Å². The molecule has 0 aromatic heterocycles. The van der Waals surface area contributed by atoms with Crippen molar-refractivity contribution in [1.29, 1.82) is 0 Å². The van der Waals surface area contributed by atoms with Crippen LogP contribution in [0.1, 0.15) is 50.5 Å². The second kappa shape index (κ2) is 5.76. The topological polar surface area (TPSA) is 20.2 Å². The van der Waals surface area contributed by atoms with E-state index in [4.69, 9.17) is 0 Å². The molecule has 4 saturated carbocycles. The second-order valence-corrected chi connectivity index (χ2v) is 7.95. The Hall–Kier alpha value is -0.820. The first-order chi connectivity index (χ1) is 10.3. The molecular formula is C20H28O. The minimum Gasteiger partial charge on any atom is -0.393 e. The highest BCUT2D eigenvalue weighted by Crippen LogP contribution is 2.57. The normalized spacial score (nSPS) is 38.6. The fraction of sp³-hybridized carbons (Fsp3) is 0.700. The van der Waals surface area contributed by atoms with E-state index in [1.807, 2.05) is 0 Å². The molecule has 1 atom stereocenters. The van der Waals surface area contributed by atoms with Gasteiger partial charge in [-0.15, -0.1) is 0 Å². The Morgan fingerprint density at radius 3 is 2.14 bits per heavy atom. The highest BCUT2D eigenvalue weighted by atomic mass is 16.3. The van der Waals surface area contributed by atoms with Crippen molar-refractivity contribution >= 4 is 0 Å². The first kappa shape index (κ1) is 13.8. The molecule has 1 aromatic rings. The van der Waals surface area contributed by atoms with Crippen LogP contribution in [0.2, 0.25) is 0 Å². The summed E-state index contributed by atoms with van der Waals surface area (Å²) < 4.78 is 0. The van der Waals surface area contributed by atoms with Crippen molar-refractivity contribution in [2.45, 2.75) is 57.5 Å². The number of hydrogen-bond acceptors (Lipinski definition) is 1. The molecule has 4 fully saturated rings. The molecule has 0 saturated heterocycles. The molecule has 5 rings (SSSR count). The van der Waals surface area contributed by atoms with Gasteiger partial charge in [-0.3, -0.25) is 0 Å². The fourth-order valence-corrected chi connectivity index (χ4v) is 5.95. The standard InChI is InChI=1S/C20H28O/c21-19(8-4-7-14-5-2-1-3-6-14)20-17-10-15-9-16(12-17)13-18(20)11-15/h1-3,5-6,15-21H,4,7-13H2. The van der Waals surface area contributed by atoms with E-state index < -0.39 is 0 Å². The quantitative estimate of drug-likeness (QED) is 0.847. The Morgan fingerprint density at radius 2 is 1.52 bits per heavy atom. The summed E-state index contributed by atoms with van der Waals surface area (Å²) in [5.41, 5.74) is 1.41. The lowest BCUT2D eigenvalue weighted by Crippen LogP contribution is -2.49. The lowest BCUT2D eigenvalue weighted by atomic mass is 9.50. The molecular weight excluding hydrogens is 256 g/mol. The average molecular weight is 284 g/mol. The van der Waals surface area contributed by atoms with E-state index in [1.165, 1.54) is 37.7 Å². The molecule has 0 amide bonds. The van der Waals surface area contributed by atoms with Crippen molar-refractivity contribution in [3.63, 3.8) is 0 Å². The summed E-state index contributed by atoms with van der Waals surface area (Å²) in [7, 11) is 0. The monoisotopic (exact) mass is 284 g/mol. The van der Waals surface area contributed by atoms with Gasteiger partial charge in [0.05, 0.1) is 6.10 Å². The number of hydrogen-bond donors (Lipinski definition) is 1. The maximum atomic E-state index is 10.8. The molecule has 1 N–H and O–H groups in total. The van der Waals surface area contributed by atoms with Crippen molar-refractivity contribution in [3.05, 3.63) is 35.9 Å². The fourth-order valence-electron chi connectivity index (χ4n) is 5.95. The van der Waals surface area contributed by atoms with Crippen LogP contribution in [0.5, 0.6) is 0 Å². The van der Waals surface area contributed by atoms with Crippen LogP contribution in [0, 0.1) is 29.6 Å². The highest BCUT2D eigenvalue weighted by molar-refractivity contribution is 5.14. The summed E-state index contributed by atoms with van der Waals surface area (Å²) in [5.74, 6) is 4.37. The molecule has 4 bridgehead atoms. The Kier molecular flexibility index (Phi) is 3.79. The van der Waals surface area contributed by atoms with Gasteiger partial charge in [-0.05, 0) is 86.5 Å². The molecule has 1 unspecified atom stereocenters. The van der Waals surface area contributed by atoms with Gasteiger partial charge in [-0.1, -0.05) is 30.3 Å². The van der Waals surface area contributed by atoms with Gasteiger partial charge in [0.1, 0.15) is 0 Å². The predicted molar refractivity (Wildman–Crippen MR) is 85.9 cm³/mol. The molecule has 1 nitrogen and oxygen atoms in total. The SMILES string of the molecule is OC(CCCc1ccccc1)C1C2CC3CC(C2)CC1C3. The van der Waals surface area contributed by atoms with Crippen LogP contribution in [-0.4, -0.2) is 11.2 Å². The van der Waals surface area contributed by atoms with Gasteiger partial charge < -0.3 is 5.11 Å². The predicted octanol–water partition coefficient (Wildman–Crippen LogP) is 4.44. The number of aliphatic hydroxyl groups excluding tert-OH is 1. The lowest BCUT2D eigenvalue weighted by molar-refractivity contribution is -0.0913. The summed E-state index contributed by atoms with van der Waals surface area (Å²) in [6, 6.07) is 10.7. The summed E-state index contributed by atoms with van der Waals surface area (Å²) in [5, 5.41) is 10.8. The summed E-state index contributed by atoms with van der Waals surface area (Å²) in [6.07, 6.45) is 10.4. The Morgan fingerprint density at radius 1 is 0.905 bits per heavy atom. The molecule has 114 valence electrons. The zero-order valence-corrected chi connectivity index (χ0v) is 13.0. The van der Waals surface area contributed by atoms with Gasteiger partial charge in [-0.25, -0.2) is 0 Å². The van der Waals surface area contributed by atoms with E-state index in [-0.39, 0.29) is 6.10 Å². The minimum atomic E-state index is -0.0382.